The summed E-state index contributed by atoms with van der Waals surface area (Å²) < 4.78 is 10.1. The molecule has 2 rings (SSSR count). The molecule has 0 amide bonds. The molecule has 1 aromatic heterocycles. The molecule has 4 nitrogen and oxygen atoms in total. The number of methoxy groups -OCH3 is 1. The molecule has 0 saturated heterocycles. The fourth-order valence-corrected chi connectivity index (χ4v) is 1.40. The highest BCUT2D eigenvalue weighted by Gasteiger charge is 2.09. The minimum absolute atomic E-state index is 0.461. The number of rotatable bonds is 2. The average molecular weight is 225 g/mol. The van der Waals surface area contributed by atoms with Crippen LogP contribution < -0.4 is 4.74 Å². The van der Waals surface area contributed by atoms with Crippen molar-refractivity contribution in [3.63, 3.8) is 0 Å². The van der Waals surface area contributed by atoms with Gasteiger partial charge < -0.3 is 9.26 Å². The molecule has 0 fully saturated rings. The lowest BCUT2D eigenvalue weighted by atomic mass is 10.2. The maximum absolute atomic E-state index is 5.90. The van der Waals surface area contributed by atoms with Crippen LogP contribution in [-0.4, -0.2) is 17.3 Å². The predicted molar refractivity (Wildman–Crippen MR) is 56.0 cm³/mol. The Morgan fingerprint density at radius 2 is 2.20 bits per heavy atom. The van der Waals surface area contributed by atoms with Crippen LogP contribution in [0.15, 0.2) is 22.7 Å². The molecule has 0 spiro atoms. The van der Waals surface area contributed by atoms with Gasteiger partial charge in [0.15, 0.2) is 5.82 Å². The maximum Gasteiger partial charge on any atom is 0.258 e. The number of hydrogen-bond acceptors (Lipinski definition) is 4. The summed E-state index contributed by atoms with van der Waals surface area (Å²) in [6.07, 6.45) is 0. The molecule has 2 aromatic rings. The number of benzene rings is 1. The van der Waals surface area contributed by atoms with Crippen molar-refractivity contribution in [1.29, 1.82) is 0 Å². The second kappa shape index (κ2) is 3.90. The highest BCUT2D eigenvalue weighted by molar-refractivity contribution is 6.32. The van der Waals surface area contributed by atoms with Crippen molar-refractivity contribution >= 4 is 11.6 Å². The van der Waals surface area contributed by atoms with Crippen molar-refractivity contribution < 1.29 is 9.26 Å². The summed E-state index contributed by atoms with van der Waals surface area (Å²) in [5.41, 5.74) is 0.789. The molecule has 0 aliphatic carbocycles. The van der Waals surface area contributed by atoms with Crippen LogP contribution in [0.5, 0.6) is 5.75 Å². The van der Waals surface area contributed by atoms with Gasteiger partial charge in [-0.15, -0.1) is 0 Å². The van der Waals surface area contributed by atoms with E-state index in [-0.39, 0.29) is 0 Å². The lowest BCUT2D eigenvalue weighted by molar-refractivity contribution is 0.412. The minimum Gasteiger partial charge on any atom is -0.495 e. The predicted octanol–water partition coefficient (Wildman–Crippen LogP) is 2.71. The Morgan fingerprint density at radius 3 is 2.80 bits per heavy atom. The smallest absolute Gasteiger partial charge is 0.258 e. The molecular weight excluding hydrogens is 216 g/mol. The Kier molecular flexibility index (Phi) is 2.60. The Labute approximate surface area is 91.8 Å². The summed E-state index contributed by atoms with van der Waals surface area (Å²) in [5.74, 6) is 1.64. The first kappa shape index (κ1) is 9.98. The van der Waals surface area contributed by atoms with Crippen molar-refractivity contribution in [2.45, 2.75) is 6.92 Å². The summed E-state index contributed by atoms with van der Waals surface area (Å²) in [5, 5.41) is 4.26. The fraction of sp³-hybridized carbons (Fsp3) is 0.200. The van der Waals surface area contributed by atoms with Gasteiger partial charge in [-0.2, -0.15) is 4.98 Å². The molecule has 0 aliphatic rings. The van der Waals surface area contributed by atoms with Crippen molar-refractivity contribution in [1.82, 2.24) is 10.1 Å². The summed E-state index contributed by atoms with van der Waals surface area (Å²) in [4.78, 5) is 4.11. The van der Waals surface area contributed by atoms with Gasteiger partial charge in [0, 0.05) is 5.56 Å². The van der Waals surface area contributed by atoms with Crippen molar-refractivity contribution in [3.8, 4) is 17.2 Å². The molecular formula is C10H9ClN2O2. The van der Waals surface area contributed by atoms with Crippen LogP contribution in [0.4, 0.5) is 0 Å². The third kappa shape index (κ3) is 1.94. The Morgan fingerprint density at radius 1 is 1.40 bits per heavy atom. The summed E-state index contributed by atoms with van der Waals surface area (Å²) in [6.45, 7) is 1.76. The van der Waals surface area contributed by atoms with Crippen LogP contribution in [0, 0.1) is 6.92 Å². The Hall–Kier alpha value is -1.55. The van der Waals surface area contributed by atoms with E-state index in [1.165, 1.54) is 0 Å². The topological polar surface area (TPSA) is 48.2 Å². The second-order valence-electron chi connectivity index (χ2n) is 3.00. The molecule has 0 aliphatic heterocycles. The van der Waals surface area contributed by atoms with Gasteiger partial charge in [-0.25, -0.2) is 0 Å². The van der Waals surface area contributed by atoms with Gasteiger partial charge >= 0.3 is 0 Å². The lowest BCUT2D eigenvalue weighted by Gasteiger charge is -2.03. The molecule has 0 unspecified atom stereocenters. The first-order valence-corrected chi connectivity index (χ1v) is 4.72. The van der Waals surface area contributed by atoms with Crippen LogP contribution in [-0.2, 0) is 0 Å². The van der Waals surface area contributed by atoms with Gasteiger partial charge in [-0.3, -0.25) is 0 Å². The summed E-state index contributed by atoms with van der Waals surface area (Å²) in [6, 6.07) is 5.29. The first-order valence-electron chi connectivity index (χ1n) is 4.35. The van der Waals surface area contributed by atoms with Gasteiger partial charge in [0.05, 0.1) is 12.1 Å². The first-order chi connectivity index (χ1) is 7.20. The highest BCUT2D eigenvalue weighted by Crippen LogP contribution is 2.29. The minimum atomic E-state index is 0.461. The molecule has 1 heterocycles. The van der Waals surface area contributed by atoms with Gasteiger partial charge in [0.25, 0.3) is 5.89 Å². The van der Waals surface area contributed by atoms with Gasteiger partial charge in [0.2, 0.25) is 0 Å². The van der Waals surface area contributed by atoms with Crippen LogP contribution in [0.25, 0.3) is 11.5 Å². The Bertz CT molecular complexity index is 482. The number of aromatic nitrogens is 2. The zero-order valence-electron chi connectivity index (χ0n) is 8.32. The normalized spacial score (nSPS) is 10.3. The molecule has 0 N–H and O–H groups in total. The van der Waals surface area contributed by atoms with E-state index in [9.17, 15) is 0 Å². The average Bonchev–Trinajstić information content (AvgIpc) is 2.66. The lowest BCUT2D eigenvalue weighted by Crippen LogP contribution is -1.85. The van der Waals surface area contributed by atoms with Crippen LogP contribution in [0.3, 0.4) is 0 Å². The second-order valence-corrected chi connectivity index (χ2v) is 3.40. The van der Waals surface area contributed by atoms with Gasteiger partial charge in [-0.1, -0.05) is 16.8 Å². The van der Waals surface area contributed by atoms with Crippen molar-refractivity contribution in [2.75, 3.05) is 7.11 Å². The molecule has 0 radical (unpaired) electrons. The van der Waals surface area contributed by atoms with Crippen molar-refractivity contribution in [3.05, 3.63) is 29.0 Å². The monoisotopic (exact) mass is 224 g/mol. The van der Waals surface area contributed by atoms with Gasteiger partial charge in [-0.05, 0) is 25.1 Å². The third-order valence-electron chi connectivity index (χ3n) is 1.93. The molecule has 78 valence electrons. The van der Waals surface area contributed by atoms with E-state index in [4.69, 9.17) is 20.9 Å². The number of nitrogens with zero attached hydrogens (tertiary/aromatic N) is 2. The third-order valence-corrected chi connectivity index (χ3v) is 2.24. The zero-order chi connectivity index (χ0) is 10.8. The van der Waals surface area contributed by atoms with E-state index in [2.05, 4.69) is 10.1 Å². The zero-order valence-corrected chi connectivity index (χ0v) is 9.08. The van der Waals surface area contributed by atoms with E-state index in [0.717, 1.165) is 5.56 Å². The SMILES string of the molecule is COc1cc(-c2nc(C)no2)ccc1Cl. The molecule has 5 heteroatoms. The maximum atomic E-state index is 5.90. The van der Waals surface area contributed by atoms with Gasteiger partial charge in [0.1, 0.15) is 5.75 Å². The van der Waals surface area contributed by atoms with Crippen LogP contribution in [0.2, 0.25) is 5.02 Å². The van der Waals surface area contributed by atoms with Crippen molar-refractivity contribution in [2.24, 2.45) is 0 Å². The van der Waals surface area contributed by atoms with E-state index in [1.54, 1.807) is 32.2 Å². The molecule has 0 saturated carbocycles. The number of hydrogen-bond donors (Lipinski definition) is 0. The van der Waals surface area contributed by atoms with E-state index < -0.39 is 0 Å². The Balaban J connectivity index is 2.45. The number of aryl methyl sites for hydroxylation is 1. The standard InChI is InChI=1S/C10H9ClN2O2/c1-6-12-10(15-13-6)7-3-4-8(11)9(5-7)14-2/h3-5H,1-2H3. The number of halogens is 1. The fourth-order valence-electron chi connectivity index (χ4n) is 1.21. The summed E-state index contributed by atoms with van der Waals surface area (Å²) >= 11 is 5.90. The van der Waals surface area contributed by atoms with E-state index in [1.807, 2.05) is 0 Å². The largest absolute Gasteiger partial charge is 0.495 e. The van der Waals surface area contributed by atoms with Crippen LogP contribution >= 0.6 is 11.6 Å². The quantitative estimate of drug-likeness (QED) is 0.787. The summed E-state index contributed by atoms with van der Waals surface area (Å²) in [7, 11) is 1.56. The molecule has 15 heavy (non-hydrogen) atoms. The molecule has 1 aromatic carbocycles. The highest BCUT2D eigenvalue weighted by atomic mass is 35.5. The van der Waals surface area contributed by atoms with E-state index >= 15 is 0 Å². The van der Waals surface area contributed by atoms with Crippen LogP contribution in [0.1, 0.15) is 5.82 Å². The number of ether oxygens (including phenoxy) is 1. The van der Waals surface area contributed by atoms with E-state index in [0.29, 0.717) is 22.5 Å². The molecule has 0 bridgehead atoms. The molecule has 0 atom stereocenters.